The Labute approximate surface area is 142 Å². The van der Waals surface area contributed by atoms with Crippen molar-refractivity contribution < 1.29 is 4.39 Å². The van der Waals surface area contributed by atoms with Gasteiger partial charge in [-0.15, -0.1) is 12.4 Å². The minimum absolute atomic E-state index is 0. The number of nitrogens with zero attached hydrogens (tertiary/aromatic N) is 3. The number of piperidine rings is 1. The van der Waals surface area contributed by atoms with Gasteiger partial charge in [-0.2, -0.15) is 5.10 Å². The average molecular weight is 339 g/mol. The Bertz CT molecular complexity index is 597. The van der Waals surface area contributed by atoms with Gasteiger partial charge in [0.25, 0.3) is 0 Å². The van der Waals surface area contributed by atoms with Crippen molar-refractivity contribution in [3.05, 3.63) is 48.0 Å². The van der Waals surface area contributed by atoms with Crippen LogP contribution in [0.3, 0.4) is 0 Å². The highest BCUT2D eigenvalue weighted by Gasteiger charge is 2.20. The van der Waals surface area contributed by atoms with Crippen LogP contribution in [0.1, 0.15) is 25.0 Å². The van der Waals surface area contributed by atoms with Crippen molar-refractivity contribution in [3.8, 4) is 5.69 Å². The molecule has 126 valence electrons. The van der Waals surface area contributed by atoms with Crippen LogP contribution >= 0.6 is 12.4 Å². The lowest BCUT2D eigenvalue weighted by Crippen LogP contribution is -2.36. The Kier molecular flexibility index (Phi) is 6.57. The van der Waals surface area contributed by atoms with E-state index in [-0.39, 0.29) is 18.2 Å². The first-order valence-corrected chi connectivity index (χ1v) is 7.97. The van der Waals surface area contributed by atoms with Gasteiger partial charge in [-0.3, -0.25) is 4.90 Å². The third kappa shape index (κ3) is 4.53. The van der Waals surface area contributed by atoms with Crippen LogP contribution in [-0.4, -0.2) is 34.3 Å². The Morgan fingerprint density at radius 3 is 2.74 bits per heavy atom. The predicted molar refractivity (Wildman–Crippen MR) is 92.4 cm³/mol. The van der Waals surface area contributed by atoms with Crippen molar-refractivity contribution in [2.75, 3.05) is 19.6 Å². The molecule has 2 N–H and O–H groups in total. The largest absolute Gasteiger partial charge is 0.330 e. The molecule has 1 saturated heterocycles. The second-order valence-corrected chi connectivity index (χ2v) is 6.03. The first-order chi connectivity index (χ1) is 10.8. The van der Waals surface area contributed by atoms with Crippen molar-refractivity contribution in [2.24, 2.45) is 11.7 Å². The van der Waals surface area contributed by atoms with Crippen LogP contribution in [-0.2, 0) is 6.54 Å². The highest BCUT2D eigenvalue weighted by atomic mass is 35.5. The summed E-state index contributed by atoms with van der Waals surface area (Å²) in [4.78, 5) is 2.47. The van der Waals surface area contributed by atoms with Gasteiger partial charge in [0.15, 0.2) is 0 Å². The minimum atomic E-state index is -0.224. The van der Waals surface area contributed by atoms with Gasteiger partial charge in [0, 0.05) is 19.3 Å². The molecule has 2 heterocycles. The number of likely N-dealkylation sites (tertiary alicyclic amines) is 1. The van der Waals surface area contributed by atoms with Crippen molar-refractivity contribution in [2.45, 2.75) is 25.8 Å². The molecular formula is C17H24ClFN4. The van der Waals surface area contributed by atoms with Crippen LogP contribution in [0.25, 0.3) is 5.69 Å². The van der Waals surface area contributed by atoms with Crippen molar-refractivity contribution in [3.63, 3.8) is 0 Å². The van der Waals surface area contributed by atoms with Gasteiger partial charge in [-0.1, -0.05) is 0 Å². The van der Waals surface area contributed by atoms with E-state index in [0.717, 1.165) is 44.0 Å². The van der Waals surface area contributed by atoms with Gasteiger partial charge in [0.2, 0.25) is 0 Å². The van der Waals surface area contributed by atoms with Crippen LogP contribution in [0.2, 0.25) is 0 Å². The molecule has 1 atom stereocenters. The highest BCUT2D eigenvalue weighted by Crippen LogP contribution is 2.21. The number of nitrogens with two attached hydrogens (primary N) is 1. The molecule has 6 heteroatoms. The summed E-state index contributed by atoms with van der Waals surface area (Å²) < 4.78 is 15.0. The van der Waals surface area contributed by atoms with Crippen molar-refractivity contribution in [1.82, 2.24) is 14.7 Å². The zero-order valence-corrected chi connectivity index (χ0v) is 14.0. The monoisotopic (exact) mass is 338 g/mol. The zero-order chi connectivity index (χ0) is 15.4. The lowest BCUT2D eigenvalue weighted by molar-refractivity contribution is 0.160. The molecule has 0 radical (unpaired) electrons. The Morgan fingerprint density at radius 2 is 2.00 bits per heavy atom. The minimum Gasteiger partial charge on any atom is -0.330 e. The van der Waals surface area contributed by atoms with Gasteiger partial charge >= 0.3 is 0 Å². The number of hydrogen-bond donors (Lipinski definition) is 1. The third-order valence-electron chi connectivity index (χ3n) is 4.36. The molecule has 1 aromatic carbocycles. The molecule has 3 rings (SSSR count). The number of halogens is 2. The summed E-state index contributed by atoms with van der Waals surface area (Å²) in [5.74, 6) is 0.485. The second-order valence-electron chi connectivity index (χ2n) is 6.03. The van der Waals surface area contributed by atoms with E-state index in [9.17, 15) is 4.39 Å². The van der Waals surface area contributed by atoms with E-state index in [1.54, 1.807) is 18.3 Å². The number of aromatic nitrogens is 2. The Morgan fingerprint density at radius 1 is 1.22 bits per heavy atom. The fraction of sp³-hybridized carbons (Fsp3) is 0.471. The molecule has 0 amide bonds. The van der Waals surface area contributed by atoms with E-state index in [2.05, 4.69) is 10.00 Å². The quantitative estimate of drug-likeness (QED) is 0.911. The maximum Gasteiger partial charge on any atom is 0.123 e. The molecule has 0 bridgehead atoms. The topological polar surface area (TPSA) is 47.1 Å². The second kappa shape index (κ2) is 8.43. The third-order valence-corrected chi connectivity index (χ3v) is 4.36. The van der Waals surface area contributed by atoms with Gasteiger partial charge in [0.05, 0.1) is 11.4 Å². The Balaban J connectivity index is 0.00000192. The maximum atomic E-state index is 13.1. The lowest BCUT2D eigenvalue weighted by atomic mass is 9.95. The predicted octanol–water partition coefficient (Wildman–Crippen LogP) is 2.99. The first kappa shape index (κ1) is 17.9. The molecule has 0 aliphatic carbocycles. The van der Waals surface area contributed by atoms with Crippen LogP contribution in [0.15, 0.2) is 36.5 Å². The fourth-order valence-corrected chi connectivity index (χ4v) is 3.26. The molecule has 1 aromatic heterocycles. The normalized spacial score (nSPS) is 18.6. The maximum absolute atomic E-state index is 13.1. The molecular weight excluding hydrogens is 315 g/mol. The molecule has 0 spiro atoms. The smallest absolute Gasteiger partial charge is 0.123 e. The van der Waals surface area contributed by atoms with Gasteiger partial charge in [0.1, 0.15) is 5.82 Å². The summed E-state index contributed by atoms with van der Waals surface area (Å²) in [6.45, 7) is 3.87. The first-order valence-electron chi connectivity index (χ1n) is 7.97. The molecule has 1 aliphatic rings. The van der Waals surface area contributed by atoms with E-state index in [1.807, 2.05) is 10.7 Å². The van der Waals surface area contributed by atoms with Crippen molar-refractivity contribution in [1.29, 1.82) is 0 Å². The molecule has 1 aliphatic heterocycles. The van der Waals surface area contributed by atoms with Gasteiger partial charge in [-0.25, -0.2) is 9.07 Å². The number of benzene rings is 1. The van der Waals surface area contributed by atoms with Crippen LogP contribution < -0.4 is 5.73 Å². The van der Waals surface area contributed by atoms with Crippen LogP contribution in [0.5, 0.6) is 0 Å². The van der Waals surface area contributed by atoms with Gasteiger partial charge in [-0.05, 0) is 68.6 Å². The lowest BCUT2D eigenvalue weighted by Gasteiger charge is -2.32. The standard InChI is InChI=1S/C17H23FN4.ClH/c18-15-3-5-16(6-4-15)22-17(8-10-20-22)13-21-11-1-2-14(12-21)7-9-19;/h3-6,8,10,14H,1-2,7,9,11-13,19H2;1H. The summed E-state index contributed by atoms with van der Waals surface area (Å²) in [7, 11) is 0. The zero-order valence-electron chi connectivity index (χ0n) is 13.2. The summed E-state index contributed by atoms with van der Waals surface area (Å²) in [5, 5.41) is 4.38. The fourth-order valence-electron chi connectivity index (χ4n) is 3.26. The SMILES string of the molecule is Cl.NCCC1CCCN(Cc2ccnn2-c2ccc(F)cc2)C1. The molecule has 1 fully saturated rings. The van der Waals surface area contributed by atoms with E-state index >= 15 is 0 Å². The van der Waals surface area contributed by atoms with Crippen LogP contribution in [0.4, 0.5) is 4.39 Å². The molecule has 1 unspecified atom stereocenters. The van der Waals surface area contributed by atoms with E-state index < -0.39 is 0 Å². The van der Waals surface area contributed by atoms with Gasteiger partial charge < -0.3 is 5.73 Å². The summed E-state index contributed by atoms with van der Waals surface area (Å²) >= 11 is 0. The molecule has 23 heavy (non-hydrogen) atoms. The molecule has 2 aromatic rings. The average Bonchev–Trinajstić information content (AvgIpc) is 2.97. The summed E-state index contributed by atoms with van der Waals surface area (Å²) in [5.41, 5.74) is 7.73. The Hall–Kier alpha value is -1.43. The highest BCUT2D eigenvalue weighted by molar-refractivity contribution is 5.85. The summed E-state index contributed by atoms with van der Waals surface area (Å²) in [6.07, 6.45) is 5.42. The van der Waals surface area contributed by atoms with E-state index in [0.29, 0.717) is 5.92 Å². The number of rotatable bonds is 5. The molecule has 0 saturated carbocycles. The summed E-state index contributed by atoms with van der Waals surface area (Å²) in [6, 6.07) is 8.51. The molecule has 4 nitrogen and oxygen atoms in total. The van der Waals surface area contributed by atoms with Crippen LogP contribution in [0, 0.1) is 11.7 Å². The van der Waals surface area contributed by atoms with Crippen molar-refractivity contribution >= 4 is 12.4 Å². The van der Waals surface area contributed by atoms with E-state index in [4.69, 9.17) is 5.73 Å². The number of hydrogen-bond acceptors (Lipinski definition) is 3. The van der Waals surface area contributed by atoms with E-state index in [1.165, 1.54) is 25.0 Å².